The Morgan fingerprint density at radius 2 is 1.72 bits per heavy atom. The number of carbonyl (C=O) groups excluding carboxylic acids is 3. The van der Waals surface area contributed by atoms with E-state index in [9.17, 15) is 14.4 Å². The first-order valence-electron chi connectivity index (χ1n) is 10.6. The lowest BCUT2D eigenvalue weighted by atomic mass is 10.0. The number of rotatable bonds is 6. The Bertz CT molecular complexity index is 936. The molecule has 2 aromatic rings. The van der Waals surface area contributed by atoms with E-state index in [2.05, 4.69) is 0 Å². The lowest BCUT2D eigenvalue weighted by Crippen LogP contribution is -2.55. The molecular formula is C24H30N2O6. The largest absolute Gasteiger partial charge is 0.468 e. The summed E-state index contributed by atoms with van der Waals surface area (Å²) in [4.78, 5) is 39.4. The van der Waals surface area contributed by atoms with Gasteiger partial charge in [0.15, 0.2) is 12.0 Å². The summed E-state index contributed by atoms with van der Waals surface area (Å²) in [6.45, 7) is 7.60. The first-order valence-corrected chi connectivity index (χ1v) is 10.6. The lowest BCUT2D eigenvalue weighted by Gasteiger charge is -2.38. The normalized spacial score (nSPS) is 15.8. The molecule has 1 aliphatic heterocycles. The third-order valence-corrected chi connectivity index (χ3v) is 5.29. The summed E-state index contributed by atoms with van der Waals surface area (Å²) in [6.07, 6.45) is 0.816. The van der Waals surface area contributed by atoms with Crippen LogP contribution in [0.2, 0.25) is 0 Å². The average Bonchev–Trinajstić information content (AvgIpc) is 3.26. The van der Waals surface area contributed by atoms with Crippen LogP contribution in [0.15, 0.2) is 40.8 Å². The quantitative estimate of drug-likeness (QED) is 0.500. The average molecular weight is 443 g/mol. The van der Waals surface area contributed by atoms with Gasteiger partial charge < -0.3 is 18.8 Å². The van der Waals surface area contributed by atoms with E-state index in [1.807, 2.05) is 49.9 Å². The van der Waals surface area contributed by atoms with Gasteiger partial charge in [0.25, 0.3) is 0 Å². The Morgan fingerprint density at radius 3 is 2.25 bits per heavy atom. The molecule has 1 aliphatic rings. The number of hydrogen-bond acceptors (Lipinski definition) is 7. The molecule has 0 N–H and O–H groups in total. The van der Waals surface area contributed by atoms with Crippen molar-refractivity contribution in [2.24, 2.45) is 0 Å². The van der Waals surface area contributed by atoms with Gasteiger partial charge in [-0.3, -0.25) is 14.5 Å². The highest BCUT2D eigenvalue weighted by Gasteiger charge is 2.32. The van der Waals surface area contributed by atoms with E-state index in [-0.39, 0.29) is 17.8 Å². The minimum absolute atomic E-state index is 0.278. The summed E-state index contributed by atoms with van der Waals surface area (Å²) < 4.78 is 16.0. The fourth-order valence-corrected chi connectivity index (χ4v) is 3.64. The van der Waals surface area contributed by atoms with Crippen molar-refractivity contribution in [2.45, 2.75) is 38.8 Å². The van der Waals surface area contributed by atoms with E-state index >= 15 is 0 Å². The van der Waals surface area contributed by atoms with Gasteiger partial charge in [0.1, 0.15) is 17.4 Å². The maximum absolute atomic E-state index is 12.5. The van der Waals surface area contributed by atoms with Crippen LogP contribution >= 0.6 is 0 Å². The summed E-state index contributed by atoms with van der Waals surface area (Å²) in [5.41, 5.74) is 1.28. The van der Waals surface area contributed by atoms with Crippen molar-refractivity contribution in [2.75, 3.05) is 33.3 Å². The molecule has 8 heteroatoms. The standard InChI is InChI=1S/C24H30N2O6/c1-24(2,3)32-23(29)26-13-11-25(12-14-26)20(22(28)30-4)15-17-5-7-18(8-6-17)21-10-9-19(16-27)31-21/h5-10,16,20H,11-15H2,1-4H3. The van der Waals surface area contributed by atoms with Crippen molar-refractivity contribution >= 4 is 18.3 Å². The van der Waals surface area contributed by atoms with E-state index in [0.717, 1.165) is 11.1 Å². The van der Waals surface area contributed by atoms with Gasteiger partial charge in [-0.1, -0.05) is 24.3 Å². The minimum atomic E-state index is -0.542. The van der Waals surface area contributed by atoms with Crippen LogP contribution in [0, 0.1) is 0 Å². The zero-order valence-electron chi connectivity index (χ0n) is 19.0. The van der Waals surface area contributed by atoms with Crippen molar-refractivity contribution in [1.29, 1.82) is 0 Å². The molecule has 172 valence electrons. The van der Waals surface area contributed by atoms with Gasteiger partial charge in [0.2, 0.25) is 0 Å². The van der Waals surface area contributed by atoms with Gasteiger partial charge >= 0.3 is 12.1 Å². The zero-order valence-corrected chi connectivity index (χ0v) is 19.0. The Hall–Kier alpha value is -3.13. The predicted molar refractivity (Wildman–Crippen MR) is 118 cm³/mol. The molecule has 1 fully saturated rings. The number of carbonyl (C=O) groups is 3. The zero-order chi connectivity index (χ0) is 23.3. The fraction of sp³-hybridized carbons (Fsp3) is 0.458. The molecule has 32 heavy (non-hydrogen) atoms. The minimum Gasteiger partial charge on any atom is -0.468 e. The number of methoxy groups -OCH3 is 1. The second-order valence-electron chi connectivity index (χ2n) is 8.76. The second kappa shape index (κ2) is 9.99. The van der Waals surface area contributed by atoms with Gasteiger partial charge in [0.05, 0.1) is 7.11 Å². The number of nitrogens with zero attached hydrogens (tertiary/aromatic N) is 2. The third-order valence-electron chi connectivity index (χ3n) is 5.29. The molecular weight excluding hydrogens is 412 g/mol. The van der Waals surface area contributed by atoms with Crippen molar-refractivity contribution in [1.82, 2.24) is 9.80 Å². The van der Waals surface area contributed by atoms with Crippen LogP contribution < -0.4 is 0 Å². The van der Waals surface area contributed by atoms with Crippen LogP contribution in [-0.4, -0.2) is 73.1 Å². The molecule has 8 nitrogen and oxygen atoms in total. The molecule has 1 saturated heterocycles. The topological polar surface area (TPSA) is 89.3 Å². The SMILES string of the molecule is COC(=O)C(Cc1ccc(-c2ccc(C=O)o2)cc1)N1CCN(C(=O)OC(C)(C)C)CC1. The molecule has 1 aromatic carbocycles. The Balaban J connectivity index is 1.64. The first-order chi connectivity index (χ1) is 15.2. The summed E-state index contributed by atoms with van der Waals surface area (Å²) in [5, 5.41) is 0. The predicted octanol–water partition coefficient (Wildman–Crippen LogP) is 3.40. The number of esters is 1. The van der Waals surface area contributed by atoms with Crippen molar-refractivity contribution in [3.63, 3.8) is 0 Å². The number of aldehydes is 1. The number of ether oxygens (including phenoxy) is 2. The summed E-state index contributed by atoms with van der Waals surface area (Å²) in [7, 11) is 1.39. The summed E-state index contributed by atoms with van der Waals surface area (Å²) >= 11 is 0. The molecule has 0 radical (unpaired) electrons. The number of piperazine rings is 1. The van der Waals surface area contributed by atoms with Crippen molar-refractivity contribution < 1.29 is 28.3 Å². The number of furan rings is 1. The van der Waals surface area contributed by atoms with Gasteiger partial charge in [-0.2, -0.15) is 0 Å². The highest BCUT2D eigenvalue weighted by molar-refractivity contribution is 5.76. The molecule has 0 bridgehead atoms. The molecule has 1 atom stereocenters. The lowest BCUT2D eigenvalue weighted by molar-refractivity contribution is -0.147. The van der Waals surface area contributed by atoms with Gasteiger partial charge in [0, 0.05) is 31.7 Å². The monoisotopic (exact) mass is 442 g/mol. The molecule has 0 aliphatic carbocycles. The maximum Gasteiger partial charge on any atom is 0.410 e. The van der Waals surface area contributed by atoms with Crippen molar-refractivity contribution in [3.05, 3.63) is 47.7 Å². The molecule has 1 unspecified atom stereocenters. The van der Waals surface area contributed by atoms with E-state index in [4.69, 9.17) is 13.9 Å². The highest BCUT2D eigenvalue weighted by Crippen LogP contribution is 2.23. The van der Waals surface area contributed by atoms with Gasteiger partial charge in [-0.25, -0.2) is 4.79 Å². The van der Waals surface area contributed by atoms with Crippen LogP contribution in [0.3, 0.4) is 0 Å². The molecule has 0 spiro atoms. The Kier molecular flexibility index (Phi) is 7.35. The first kappa shape index (κ1) is 23.5. The van der Waals surface area contributed by atoms with Gasteiger partial charge in [-0.05, 0) is 44.9 Å². The van der Waals surface area contributed by atoms with Crippen molar-refractivity contribution in [3.8, 4) is 11.3 Å². The number of amides is 1. The van der Waals surface area contributed by atoms with Gasteiger partial charge in [-0.15, -0.1) is 0 Å². The van der Waals surface area contributed by atoms with E-state index in [1.165, 1.54) is 7.11 Å². The summed E-state index contributed by atoms with van der Waals surface area (Å²) in [5.74, 6) is 0.586. The maximum atomic E-state index is 12.5. The van der Waals surface area contributed by atoms with Crippen LogP contribution in [0.5, 0.6) is 0 Å². The summed E-state index contributed by atoms with van der Waals surface area (Å²) in [6, 6.07) is 10.6. The molecule has 0 saturated carbocycles. The van der Waals surface area contributed by atoms with Crippen LogP contribution in [0.4, 0.5) is 4.79 Å². The second-order valence-corrected chi connectivity index (χ2v) is 8.76. The van der Waals surface area contributed by atoms with E-state index < -0.39 is 11.6 Å². The smallest absolute Gasteiger partial charge is 0.410 e. The van der Waals surface area contributed by atoms with Crippen LogP contribution in [-0.2, 0) is 20.7 Å². The van der Waals surface area contributed by atoms with E-state index in [0.29, 0.717) is 44.6 Å². The Morgan fingerprint density at radius 1 is 1.06 bits per heavy atom. The van der Waals surface area contributed by atoms with E-state index in [1.54, 1.807) is 17.0 Å². The van der Waals surface area contributed by atoms with Crippen LogP contribution in [0.25, 0.3) is 11.3 Å². The molecule has 3 rings (SSSR count). The Labute approximate surface area is 188 Å². The number of hydrogen-bond donors (Lipinski definition) is 0. The molecule has 1 aromatic heterocycles. The van der Waals surface area contributed by atoms with Crippen LogP contribution in [0.1, 0.15) is 36.9 Å². The number of benzene rings is 1. The third kappa shape index (κ3) is 5.97. The molecule has 2 heterocycles. The molecule has 1 amide bonds. The fourth-order valence-electron chi connectivity index (χ4n) is 3.64. The highest BCUT2D eigenvalue weighted by atomic mass is 16.6.